The quantitative estimate of drug-likeness (QED) is 0.801. The molecule has 0 aliphatic rings. The lowest BCUT2D eigenvalue weighted by atomic mass is 10.1. The zero-order chi connectivity index (χ0) is 13.7. The van der Waals surface area contributed by atoms with E-state index in [2.05, 4.69) is 6.07 Å². The normalized spacial score (nSPS) is 9.89. The molecular weight excluding hydrogens is 258 g/mol. The van der Waals surface area contributed by atoms with Crippen LogP contribution in [0.15, 0.2) is 35.7 Å². The van der Waals surface area contributed by atoms with Gasteiger partial charge in [-0.05, 0) is 41.6 Å². The second-order valence-electron chi connectivity index (χ2n) is 3.95. The van der Waals surface area contributed by atoms with Gasteiger partial charge in [0.1, 0.15) is 0 Å². The van der Waals surface area contributed by atoms with Gasteiger partial charge in [-0.15, -0.1) is 11.3 Å². The molecule has 0 aliphatic carbocycles. The van der Waals surface area contributed by atoms with E-state index in [1.54, 1.807) is 30.4 Å². The van der Waals surface area contributed by atoms with Gasteiger partial charge in [0.15, 0.2) is 0 Å². The number of nitrogens with zero attached hydrogens (tertiary/aromatic N) is 1. The number of benzene rings is 1. The number of rotatable bonds is 4. The Bertz CT molecular complexity index is 608. The van der Waals surface area contributed by atoms with E-state index in [9.17, 15) is 4.79 Å². The summed E-state index contributed by atoms with van der Waals surface area (Å²) < 4.78 is 4.97. The molecule has 2 aromatic rings. The maximum Gasteiger partial charge on any atom is 0.310 e. The zero-order valence-corrected chi connectivity index (χ0v) is 11.4. The Morgan fingerprint density at radius 2 is 2.05 bits per heavy atom. The molecule has 0 N–H and O–H groups in total. The van der Waals surface area contributed by atoms with Gasteiger partial charge in [0.25, 0.3) is 0 Å². The monoisotopic (exact) mass is 271 g/mol. The number of hydrogen-bond acceptors (Lipinski definition) is 4. The van der Waals surface area contributed by atoms with Crippen LogP contribution in [0.2, 0.25) is 0 Å². The third-order valence-electron chi connectivity index (χ3n) is 2.66. The molecule has 1 heterocycles. The van der Waals surface area contributed by atoms with Crippen LogP contribution >= 0.6 is 11.3 Å². The molecule has 3 nitrogen and oxygen atoms in total. The van der Waals surface area contributed by atoms with Gasteiger partial charge in [0.05, 0.1) is 24.7 Å². The second kappa shape index (κ2) is 6.17. The molecule has 2 rings (SSSR count). The molecule has 0 radical (unpaired) electrons. The Morgan fingerprint density at radius 1 is 1.32 bits per heavy atom. The number of thiophene rings is 1. The Balaban J connectivity index is 2.23. The van der Waals surface area contributed by atoms with Crippen LogP contribution in [-0.4, -0.2) is 12.6 Å². The molecule has 0 bridgehead atoms. The summed E-state index contributed by atoms with van der Waals surface area (Å²) in [5.74, 6) is -0.212. The Labute approximate surface area is 116 Å². The van der Waals surface area contributed by atoms with Crippen molar-refractivity contribution >= 4 is 17.3 Å². The van der Waals surface area contributed by atoms with E-state index in [0.717, 1.165) is 16.0 Å². The summed E-state index contributed by atoms with van der Waals surface area (Å²) >= 11 is 1.59. The molecule has 0 amide bonds. The Morgan fingerprint density at radius 3 is 2.68 bits per heavy atom. The van der Waals surface area contributed by atoms with Gasteiger partial charge in [0.2, 0.25) is 0 Å². The molecule has 0 fully saturated rings. The van der Waals surface area contributed by atoms with E-state index in [4.69, 9.17) is 10.00 Å². The highest BCUT2D eigenvalue weighted by Gasteiger charge is 2.11. The Hall–Kier alpha value is -2.12. The fraction of sp³-hybridized carbons (Fsp3) is 0.200. The van der Waals surface area contributed by atoms with Crippen LogP contribution in [0.1, 0.15) is 18.1 Å². The first-order chi connectivity index (χ1) is 9.24. The van der Waals surface area contributed by atoms with Crippen molar-refractivity contribution in [2.75, 3.05) is 6.61 Å². The minimum Gasteiger partial charge on any atom is -0.466 e. The molecule has 19 heavy (non-hydrogen) atoms. The van der Waals surface area contributed by atoms with Crippen LogP contribution in [0.4, 0.5) is 0 Å². The van der Waals surface area contributed by atoms with Crippen LogP contribution < -0.4 is 0 Å². The summed E-state index contributed by atoms with van der Waals surface area (Å²) in [6, 6.07) is 11.4. The number of hydrogen-bond donors (Lipinski definition) is 0. The average molecular weight is 271 g/mol. The third kappa shape index (κ3) is 3.21. The smallest absolute Gasteiger partial charge is 0.310 e. The molecule has 0 aliphatic heterocycles. The topological polar surface area (TPSA) is 50.1 Å². The first-order valence-corrected chi connectivity index (χ1v) is 6.85. The van der Waals surface area contributed by atoms with Crippen molar-refractivity contribution < 1.29 is 9.53 Å². The summed E-state index contributed by atoms with van der Waals surface area (Å²) in [6.45, 7) is 2.20. The zero-order valence-electron chi connectivity index (χ0n) is 10.6. The number of carbonyl (C=O) groups is 1. The second-order valence-corrected chi connectivity index (χ2v) is 4.86. The summed E-state index contributed by atoms with van der Waals surface area (Å²) in [6.07, 6.45) is 0.284. The molecule has 0 spiro atoms. The molecular formula is C15H13NO2S. The number of nitriles is 1. The summed E-state index contributed by atoms with van der Waals surface area (Å²) in [4.78, 5) is 12.6. The maximum atomic E-state index is 11.5. The lowest BCUT2D eigenvalue weighted by Gasteiger charge is -2.04. The van der Waals surface area contributed by atoms with Gasteiger partial charge < -0.3 is 4.74 Å². The molecule has 1 aromatic carbocycles. The predicted molar refractivity (Wildman–Crippen MR) is 74.8 cm³/mol. The molecule has 1 aromatic heterocycles. The highest BCUT2D eigenvalue weighted by atomic mass is 32.1. The van der Waals surface area contributed by atoms with Crippen molar-refractivity contribution in [3.8, 4) is 16.5 Å². The third-order valence-corrected chi connectivity index (χ3v) is 3.67. The van der Waals surface area contributed by atoms with Gasteiger partial charge in [-0.2, -0.15) is 5.26 Å². The standard InChI is InChI=1S/C15H13NO2S/c1-2-18-14(17)9-13-7-8-19-15(13)12-5-3-11(10-16)4-6-12/h3-8H,2,9H2,1H3. The number of carbonyl (C=O) groups excluding carboxylic acids is 1. The summed E-state index contributed by atoms with van der Waals surface area (Å²) in [5, 5.41) is 10.7. The highest BCUT2D eigenvalue weighted by Crippen LogP contribution is 2.30. The number of ether oxygens (including phenoxy) is 1. The van der Waals surface area contributed by atoms with Gasteiger partial charge >= 0.3 is 5.97 Å². The van der Waals surface area contributed by atoms with Gasteiger partial charge in [0, 0.05) is 4.88 Å². The minimum atomic E-state index is -0.212. The van der Waals surface area contributed by atoms with Gasteiger partial charge in [-0.1, -0.05) is 12.1 Å². The van der Waals surface area contributed by atoms with Crippen molar-refractivity contribution in [3.05, 3.63) is 46.8 Å². The molecule has 0 saturated carbocycles. The molecule has 96 valence electrons. The molecule has 0 saturated heterocycles. The van der Waals surface area contributed by atoms with Crippen molar-refractivity contribution in [3.63, 3.8) is 0 Å². The fourth-order valence-corrected chi connectivity index (χ4v) is 2.72. The summed E-state index contributed by atoms with van der Waals surface area (Å²) in [7, 11) is 0. The fourth-order valence-electron chi connectivity index (χ4n) is 1.79. The lowest BCUT2D eigenvalue weighted by molar-refractivity contribution is -0.142. The van der Waals surface area contributed by atoms with Crippen LogP contribution in [0, 0.1) is 11.3 Å². The van der Waals surface area contributed by atoms with Crippen LogP contribution in [0.5, 0.6) is 0 Å². The van der Waals surface area contributed by atoms with E-state index in [0.29, 0.717) is 12.2 Å². The lowest BCUT2D eigenvalue weighted by Crippen LogP contribution is -2.07. The van der Waals surface area contributed by atoms with Crippen LogP contribution in [-0.2, 0) is 16.0 Å². The van der Waals surface area contributed by atoms with Crippen molar-refractivity contribution in [1.29, 1.82) is 5.26 Å². The average Bonchev–Trinajstić information content (AvgIpc) is 2.87. The predicted octanol–water partition coefficient (Wildman–Crippen LogP) is 3.39. The van der Waals surface area contributed by atoms with E-state index >= 15 is 0 Å². The van der Waals surface area contributed by atoms with E-state index in [1.165, 1.54) is 0 Å². The van der Waals surface area contributed by atoms with E-state index in [1.807, 2.05) is 23.6 Å². The first-order valence-electron chi connectivity index (χ1n) is 5.97. The first kappa shape index (κ1) is 13.3. The van der Waals surface area contributed by atoms with E-state index in [-0.39, 0.29) is 12.4 Å². The molecule has 0 unspecified atom stereocenters. The molecule has 0 atom stereocenters. The molecule has 4 heteroatoms. The van der Waals surface area contributed by atoms with Crippen molar-refractivity contribution in [2.45, 2.75) is 13.3 Å². The number of esters is 1. The summed E-state index contributed by atoms with van der Waals surface area (Å²) in [5.41, 5.74) is 2.62. The van der Waals surface area contributed by atoms with Gasteiger partial charge in [-0.3, -0.25) is 4.79 Å². The maximum absolute atomic E-state index is 11.5. The van der Waals surface area contributed by atoms with E-state index < -0.39 is 0 Å². The SMILES string of the molecule is CCOC(=O)Cc1ccsc1-c1ccc(C#N)cc1. The van der Waals surface area contributed by atoms with Crippen molar-refractivity contribution in [2.24, 2.45) is 0 Å². The minimum absolute atomic E-state index is 0.212. The van der Waals surface area contributed by atoms with Gasteiger partial charge in [-0.25, -0.2) is 0 Å². The van der Waals surface area contributed by atoms with Crippen LogP contribution in [0.25, 0.3) is 10.4 Å². The largest absolute Gasteiger partial charge is 0.466 e. The Kier molecular flexibility index (Phi) is 4.32. The van der Waals surface area contributed by atoms with Crippen molar-refractivity contribution in [1.82, 2.24) is 0 Å². The highest BCUT2D eigenvalue weighted by molar-refractivity contribution is 7.13. The van der Waals surface area contributed by atoms with Crippen LogP contribution in [0.3, 0.4) is 0 Å².